The van der Waals surface area contributed by atoms with E-state index in [1.807, 2.05) is 0 Å². The lowest BCUT2D eigenvalue weighted by molar-refractivity contribution is -0.0584. The van der Waals surface area contributed by atoms with Crippen LogP contribution in [0.2, 0.25) is 0 Å². The molecule has 2 aliphatic rings. The molecule has 1 aromatic heterocycles. The summed E-state index contributed by atoms with van der Waals surface area (Å²) in [6, 6.07) is 3.53. The van der Waals surface area contributed by atoms with Gasteiger partial charge in [0.25, 0.3) is 0 Å². The molecule has 2 bridgehead atoms. The second-order valence-corrected chi connectivity index (χ2v) is 7.44. The van der Waals surface area contributed by atoms with E-state index in [2.05, 4.69) is 25.8 Å². The average Bonchev–Trinajstić information content (AvgIpc) is 2.94. The molecule has 0 aliphatic heterocycles. The van der Waals surface area contributed by atoms with E-state index in [-0.39, 0.29) is 22.9 Å². The van der Waals surface area contributed by atoms with E-state index >= 15 is 0 Å². The van der Waals surface area contributed by atoms with Crippen molar-refractivity contribution in [3.05, 3.63) is 29.6 Å². The van der Waals surface area contributed by atoms with Crippen LogP contribution in [0.15, 0.2) is 18.3 Å². The summed E-state index contributed by atoms with van der Waals surface area (Å²) < 4.78 is 5.91. The smallest absolute Gasteiger partial charge is 0.340 e. The normalized spacial score (nSPS) is 33.1. The number of carbonyl (C=O) groups is 1. The Kier molecular flexibility index (Phi) is 3.32. The fraction of sp³-hybridized carbons (Fsp3) is 0.647. The van der Waals surface area contributed by atoms with E-state index in [9.17, 15) is 4.79 Å². The molecule has 0 aromatic carbocycles. The van der Waals surface area contributed by atoms with Crippen molar-refractivity contribution in [3.63, 3.8) is 0 Å². The van der Waals surface area contributed by atoms with Crippen molar-refractivity contribution in [2.24, 2.45) is 22.5 Å². The first-order valence-corrected chi connectivity index (χ1v) is 7.73. The van der Waals surface area contributed by atoms with Crippen LogP contribution in [0.1, 0.15) is 56.1 Å². The van der Waals surface area contributed by atoms with Gasteiger partial charge in [-0.2, -0.15) is 0 Å². The van der Waals surface area contributed by atoms with Gasteiger partial charge in [-0.3, -0.25) is 4.98 Å². The van der Waals surface area contributed by atoms with Gasteiger partial charge in [0.1, 0.15) is 6.10 Å². The molecular weight excluding hydrogens is 264 g/mol. The van der Waals surface area contributed by atoms with Crippen molar-refractivity contribution in [1.29, 1.82) is 0 Å². The van der Waals surface area contributed by atoms with Crippen LogP contribution in [-0.2, 0) is 11.3 Å². The zero-order valence-electron chi connectivity index (χ0n) is 13.1. The van der Waals surface area contributed by atoms with E-state index in [1.54, 1.807) is 18.3 Å². The van der Waals surface area contributed by atoms with Gasteiger partial charge >= 0.3 is 5.97 Å². The van der Waals surface area contributed by atoms with Crippen LogP contribution in [0.3, 0.4) is 0 Å². The summed E-state index contributed by atoms with van der Waals surface area (Å²) >= 11 is 0. The zero-order chi connectivity index (χ0) is 15.3. The molecule has 0 spiro atoms. The van der Waals surface area contributed by atoms with E-state index in [4.69, 9.17) is 10.5 Å². The number of nitrogens with zero attached hydrogens (tertiary/aromatic N) is 1. The number of fused-ring (bicyclic) bond motifs is 2. The minimum Gasteiger partial charge on any atom is -0.458 e. The molecule has 0 unspecified atom stereocenters. The number of hydrogen-bond acceptors (Lipinski definition) is 4. The quantitative estimate of drug-likeness (QED) is 0.869. The van der Waals surface area contributed by atoms with Crippen molar-refractivity contribution >= 4 is 5.97 Å². The number of pyridine rings is 1. The van der Waals surface area contributed by atoms with Gasteiger partial charge in [-0.15, -0.1) is 0 Å². The van der Waals surface area contributed by atoms with Crippen LogP contribution in [0.4, 0.5) is 0 Å². The first-order valence-electron chi connectivity index (χ1n) is 7.73. The van der Waals surface area contributed by atoms with Crippen molar-refractivity contribution in [2.45, 2.75) is 52.7 Å². The molecule has 1 aromatic rings. The summed E-state index contributed by atoms with van der Waals surface area (Å²) in [5.74, 6) is 0.399. The SMILES string of the molecule is CC1(C)[C@H]2CC[C@](C)(C2)[C@H]1OC(=O)c1ccc(CN)nc1. The number of esters is 1. The maximum absolute atomic E-state index is 12.4. The summed E-state index contributed by atoms with van der Waals surface area (Å²) in [4.78, 5) is 16.6. The molecule has 3 rings (SSSR count). The molecule has 2 saturated carbocycles. The molecule has 4 nitrogen and oxygen atoms in total. The highest BCUT2D eigenvalue weighted by Gasteiger charge is 2.61. The zero-order valence-corrected chi connectivity index (χ0v) is 13.1. The van der Waals surface area contributed by atoms with E-state index < -0.39 is 0 Å². The summed E-state index contributed by atoms with van der Waals surface area (Å²) in [7, 11) is 0. The fourth-order valence-corrected chi connectivity index (χ4v) is 4.39. The number of carbonyl (C=O) groups excluding carboxylic acids is 1. The molecule has 0 amide bonds. The van der Waals surface area contributed by atoms with Crippen LogP contribution in [-0.4, -0.2) is 17.1 Å². The van der Waals surface area contributed by atoms with E-state index in [0.29, 0.717) is 18.0 Å². The monoisotopic (exact) mass is 288 g/mol. The van der Waals surface area contributed by atoms with Crippen molar-refractivity contribution in [1.82, 2.24) is 4.98 Å². The number of rotatable bonds is 3. The lowest BCUT2D eigenvalue weighted by atomic mass is 9.70. The van der Waals surface area contributed by atoms with Crippen LogP contribution in [0.25, 0.3) is 0 Å². The Morgan fingerprint density at radius 1 is 1.43 bits per heavy atom. The molecule has 4 heteroatoms. The molecule has 2 N–H and O–H groups in total. The Morgan fingerprint density at radius 3 is 2.71 bits per heavy atom. The standard InChI is InChI=1S/C17H24N2O2/c1-16(2)12-6-7-17(3,8-12)15(16)21-14(20)11-4-5-13(9-18)19-10-11/h4-5,10,12,15H,6-9,18H2,1-3H3/t12-,15-,17+/m0/s1. The van der Waals surface area contributed by atoms with Crippen LogP contribution >= 0.6 is 0 Å². The van der Waals surface area contributed by atoms with Gasteiger partial charge < -0.3 is 10.5 Å². The van der Waals surface area contributed by atoms with E-state index in [0.717, 1.165) is 12.1 Å². The van der Waals surface area contributed by atoms with Gasteiger partial charge in [0, 0.05) is 23.6 Å². The topological polar surface area (TPSA) is 65.2 Å². The predicted molar refractivity (Wildman–Crippen MR) is 80.6 cm³/mol. The first kappa shape index (κ1) is 14.5. The second kappa shape index (κ2) is 4.80. The van der Waals surface area contributed by atoms with Crippen LogP contribution < -0.4 is 5.73 Å². The van der Waals surface area contributed by atoms with Gasteiger partial charge in [-0.25, -0.2) is 4.79 Å². The van der Waals surface area contributed by atoms with Gasteiger partial charge in [-0.05, 0) is 37.3 Å². The molecule has 0 radical (unpaired) electrons. The summed E-state index contributed by atoms with van der Waals surface area (Å²) in [5.41, 5.74) is 7.00. The molecule has 21 heavy (non-hydrogen) atoms. The van der Waals surface area contributed by atoms with Crippen LogP contribution in [0, 0.1) is 16.7 Å². The molecule has 2 aliphatic carbocycles. The minimum atomic E-state index is -0.266. The van der Waals surface area contributed by atoms with E-state index in [1.165, 1.54) is 12.8 Å². The van der Waals surface area contributed by atoms with Gasteiger partial charge in [0.2, 0.25) is 0 Å². The molecule has 3 atom stereocenters. The molecule has 2 fully saturated rings. The number of ether oxygens (including phenoxy) is 1. The Labute approximate surface area is 126 Å². The second-order valence-electron chi connectivity index (χ2n) is 7.44. The number of nitrogens with two attached hydrogens (primary N) is 1. The van der Waals surface area contributed by atoms with Gasteiger partial charge in [-0.1, -0.05) is 20.8 Å². The molecule has 1 heterocycles. The lowest BCUT2D eigenvalue weighted by Crippen LogP contribution is -2.43. The third kappa shape index (κ3) is 2.26. The van der Waals surface area contributed by atoms with Crippen molar-refractivity contribution < 1.29 is 9.53 Å². The van der Waals surface area contributed by atoms with Crippen molar-refractivity contribution in [3.8, 4) is 0 Å². The lowest BCUT2D eigenvalue weighted by Gasteiger charge is -2.41. The summed E-state index contributed by atoms with van der Waals surface area (Å²) in [6.45, 7) is 7.10. The summed E-state index contributed by atoms with van der Waals surface area (Å²) in [5, 5.41) is 0. The molecule has 0 saturated heterocycles. The highest BCUT2D eigenvalue weighted by Crippen LogP contribution is 2.63. The Balaban J connectivity index is 1.78. The highest BCUT2D eigenvalue weighted by molar-refractivity contribution is 5.89. The number of aromatic nitrogens is 1. The first-order chi connectivity index (χ1) is 9.87. The van der Waals surface area contributed by atoms with Gasteiger partial charge in [0.15, 0.2) is 0 Å². The number of hydrogen-bond donors (Lipinski definition) is 1. The Morgan fingerprint density at radius 2 is 2.19 bits per heavy atom. The fourth-order valence-electron chi connectivity index (χ4n) is 4.39. The molecule has 114 valence electrons. The minimum absolute atomic E-state index is 0.00886. The third-order valence-corrected chi connectivity index (χ3v) is 5.63. The van der Waals surface area contributed by atoms with Gasteiger partial charge in [0.05, 0.1) is 11.3 Å². The Bertz CT molecular complexity index is 548. The van der Waals surface area contributed by atoms with Crippen molar-refractivity contribution in [2.75, 3.05) is 0 Å². The maximum Gasteiger partial charge on any atom is 0.340 e. The Hall–Kier alpha value is -1.42. The largest absolute Gasteiger partial charge is 0.458 e. The van der Waals surface area contributed by atoms with Crippen LogP contribution in [0.5, 0.6) is 0 Å². The maximum atomic E-state index is 12.4. The summed E-state index contributed by atoms with van der Waals surface area (Å²) in [6.07, 6.45) is 5.13. The third-order valence-electron chi connectivity index (χ3n) is 5.63. The average molecular weight is 288 g/mol. The molecular formula is C17H24N2O2. The predicted octanol–water partition coefficient (Wildman–Crippen LogP) is 2.91. The highest BCUT2D eigenvalue weighted by atomic mass is 16.5.